The number of ether oxygens (including phenoxy) is 1. The van der Waals surface area contributed by atoms with E-state index in [-0.39, 0.29) is 11.4 Å². The second kappa shape index (κ2) is 6.16. The molecule has 0 bridgehead atoms. The number of nitro benzene ring substituents is 1. The number of nitro groups is 1. The van der Waals surface area contributed by atoms with E-state index in [0.717, 1.165) is 12.2 Å². The van der Waals surface area contributed by atoms with Crippen molar-refractivity contribution in [1.82, 2.24) is 15.1 Å². The van der Waals surface area contributed by atoms with Crippen LogP contribution in [0.15, 0.2) is 30.5 Å². The summed E-state index contributed by atoms with van der Waals surface area (Å²) in [5, 5.41) is 18.5. The molecule has 1 aromatic carbocycles. The Balaban J connectivity index is 2.30. The van der Waals surface area contributed by atoms with E-state index in [9.17, 15) is 10.1 Å². The highest BCUT2D eigenvalue weighted by Gasteiger charge is 2.16. The first kappa shape index (κ1) is 14.0. The summed E-state index contributed by atoms with van der Waals surface area (Å²) in [4.78, 5) is 10.5. The molecule has 20 heavy (non-hydrogen) atoms. The van der Waals surface area contributed by atoms with E-state index < -0.39 is 4.92 Å². The number of hydrogen-bond acceptors (Lipinski definition) is 5. The molecular weight excluding hydrogens is 260 g/mol. The lowest BCUT2D eigenvalue weighted by Crippen LogP contribution is -2.12. The van der Waals surface area contributed by atoms with Crippen molar-refractivity contribution in [2.45, 2.75) is 13.5 Å². The fourth-order valence-corrected chi connectivity index (χ4v) is 1.82. The van der Waals surface area contributed by atoms with Gasteiger partial charge in [0, 0.05) is 18.8 Å². The number of rotatable bonds is 6. The molecule has 0 fully saturated rings. The van der Waals surface area contributed by atoms with Crippen LogP contribution in [0.4, 0.5) is 5.69 Å². The van der Waals surface area contributed by atoms with Gasteiger partial charge in [-0.05, 0) is 24.7 Å². The van der Waals surface area contributed by atoms with Crippen LogP contribution in [0, 0.1) is 10.1 Å². The molecule has 2 rings (SSSR count). The van der Waals surface area contributed by atoms with Gasteiger partial charge in [-0.25, -0.2) is 4.68 Å². The number of benzene rings is 1. The van der Waals surface area contributed by atoms with Gasteiger partial charge in [-0.2, -0.15) is 5.10 Å². The second-order valence-corrected chi connectivity index (χ2v) is 4.15. The van der Waals surface area contributed by atoms with Crippen LogP contribution in [0.2, 0.25) is 0 Å². The molecule has 7 nitrogen and oxygen atoms in total. The van der Waals surface area contributed by atoms with Crippen molar-refractivity contribution in [2.75, 3.05) is 13.7 Å². The summed E-state index contributed by atoms with van der Waals surface area (Å²) in [7, 11) is 1.41. The molecule has 0 aliphatic rings. The molecule has 0 unspecified atom stereocenters. The molecule has 0 saturated heterocycles. The van der Waals surface area contributed by atoms with E-state index in [2.05, 4.69) is 10.4 Å². The maximum atomic E-state index is 11.0. The van der Waals surface area contributed by atoms with Gasteiger partial charge in [-0.15, -0.1) is 0 Å². The molecule has 106 valence electrons. The summed E-state index contributed by atoms with van der Waals surface area (Å²) in [6.07, 6.45) is 1.78. The number of hydrogen-bond donors (Lipinski definition) is 1. The maximum absolute atomic E-state index is 11.0. The Labute approximate surface area is 116 Å². The lowest BCUT2D eigenvalue weighted by Gasteiger charge is -2.05. The van der Waals surface area contributed by atoms with Crippen molar-refractivity contribution >= 4 is 5.69 Å². The summed E-state index contributed by atoms with van der Waals surface area (Å²) in [6.45, 7) is 3.55. The molecule has 2 aromatic rings. The SMILES string of the molecule is CCNCc1ccn(-c2ccc(OC)c([N+](=O)[O-])c2)n1. The smallest absolute Gasteiger partial charge is 0.313 e. The van der Waals surface area contributed by atoms with E-state index in [4.69, 9.17) is 4.74 Å². The quantitative estimate of drug-likeness (QED) is 0.643. The van der Waals surface area contributed by atoms with Crippen molar-refractivity contribution < 1.29 is 9.66 Å². The Bertz CT molecular complexity index is 609. The predicted octanol–water partition coefficient (Wildman–Crippen LogP) is 1.90. The van der Waals surface area contributed by atoms with Gasteiger partial charge >= 0.3 is 5.69 Å². The van der Waals surface area contributed by atoms with Gasteiger partial charge in [0.25, 0.3) is 0 Å². The summed E-state index contributed by atoms with van der Waals surface area (Å²) >= 11 is 0. The van der Waals surface area contributed by atoms with Crippen LogP contribution >= 0.6 is 0 Å². The van der Waals surface area contributed by atoms with E-state index >= 15 is 0 Å². The summed E-state index contributed by atoms with van der Waals surface area (Å²) in [5.41, 5.74) is 1.43. The Morgan fingerprint density at radius 1 is 1.45 bits per heavy atom. The van der Waals surface area contributed by atoms with Crippen LogP contribution < -0.4 is 10.1 Å². The number of aromatic nitrogens is 2. The molecule has 0 spiro atoms. The third kappa shape index (κ3) is 2.94. The van der Waals surface area contributed by atoms with Gasteiger partial charge in [0.05, 0.1) is 23.4 Å². The standard InChI is InChI=1S/C13H16N4O3/c1-3-14-9-10-6-7-16(15-10)11-4-5-13(20-2)12(8-11)17(18)19/h4-8,14H,3,9H2,1-2H3. The van der Waals surface area contributed by atoms with Gasteiger partial charge in [0.15, 0.2) is 5.75 Å². The molecule has 7 heteroatoms. The number of nitrogens with one attached hydrogen (secondary N) is 1. The average Bonchev–Trinajstić information content (AvgIpc) is 2.93. The van der Waals surface area contributed by atoms with Crippen LogP contribution in [0.25, 0.3) is 5.69 Å². The third-order valence-corrected chi connectivity index (χ3v) is 2.82. The first-order chi connectivity index (χ1) is 9.65. The topological polar surface area (TPSA) is 82.2 Å². The zero-order chi connectivity index (χ0) is 14.5. The first-order valence-corrected chi connectivity index (χ1v) is 6.23. The van der Waals surface area contributed by atoms with Gasteiger partial charge in [-0.3, -0.25) is 10.1 Å². The zero-order valence-electron chi connectivity index (χ0n) is 11.4. The van der Waals surface area contributed by atoms with Crippen molar-refractivity contribution in [2.24, 2.45) is 0 Å². The monoisotopic (exact) mass is 276 g/mol. The molecule has 0 saturated carbocycles. The molecule has 1 heterocycles. The minimum absolute atomic E-state index is 0.0752. The minimum Gasteiger partial charge on any atom is -0.490 e. The van der Waals surface area contributed by atoms with E-state index in [1.165, 1.54) is 13.2 Å². The lowest BCUT2D eigenvalue weighted by molar-refractivity contribution is -0.385. The Kier molecular flexibility index (Phi) is 4.31. The van der Waals surface area contributed by atoms with Crippen molar-refractivity contribution in [3.63, 3.8) is 0 Å². The molecule has 0 amide bonds. The normalized spacial score (nSPS) is 10.5. The van der Waals surface area contributed by atoms with Crippen LogP contribution in [-0.2, 0) is 6.54 Å². The molecule has 1 N–H and O–H groups in total. The second-order valence-electron chi connectivity index (χ2n) is 4.15. The molecule has 0 aliphatic heterocycles. The molecule has 1 aromatic heterocycles. The van der Waals surface area contributed by atoms with E-state index in [1.807, 2.05) is 13.0 Å². The van der Waals surface area contributed by atoms with Crippen LogP contribution in [0.5, 0.6) is 5.75 Å². The van der Waals surface area contributed by atoms with Crippen molar-refractivity contribution in [3.8, 4) is 11.4 Å². The summed E-state index contributed by atoms with van der Waals surface area (Å²) in [5.74, 6) is 0.235. The molecule has 0 atom stereocenters. The summed E-state index contributed by atoms with van der Waals surface area (Å²) < 4.78 is 6.58. The van der Waals surface area contributed by atoms with Gasteiger partial charge in [0.1, 0.15) is 0 Å². The zero-order valence-corrected chi connectivity index (χ0v) is 11.4. The number of methoxy groups -OCH3 is 1. The van der Waals surface area contributed by atoms with E-state index in [0.29, 0.717) is 12.2 Å². The average molecular weight is 276 g/mol. The minimum atomic E-state index is -0.467. The van der Waals surface area contributed by atoms with Gasteiger partial charge < -0.3 is 10.1 Å². The lowest BCUT2D eigenvalue weighted by atomic mass is 10.2. The highest BCUT2D eigenvalue weighted by atomic mass is 16.6. The molecule has 0 radical (unpaired) electrons. The highest BCUT2D eigenvalue weighted by molar-refractivity contribution is 5.53. The highest BCUT2D eigenvalue weighted by Crippen LogP contribution is 2.28. The maximum Gasteiger partial charge on any atom is 0.313 e. The first-order valence-electron chi connectivity index (χ1n) is 6.23. The van der Waals surface area contributed by atoms with Gasteiger partial charge in [0.2, 0.25) is 0 Å². The fraction of sp³-hybridized carbons (Fsp3) is 0.308. The largest absolute Gasteiger partial charge is 0.490 e. The van der Waals surface area contributed by atoms with Crippen molar-refractivity contribution in [1.29, 1.82) is 0 Å². The van der Waals surface area contributed by atoms with Crippen LogP contribution in [0.1, 0.15) is 12.6 Å². The third-order valence-electron chi connectivity index (χ3n) is 2.82. The van der Waals surface area contributed by atoms with Crippen LogP contribution in [-0.4, -0.2) is 28.4 Å². The Morgan fingerprint density at radius 2 is 2.25 bits per heavy atom. The van der Waals surface area contributed by atoms with Crippen molar-refractivity contribution in [3.05, 3.63) is 46.3 Å². The predicted molar refractivity (Wildman–Crippen MR) is 74.2 cm³/mol. The van der Waals surface area contributed by atoms with E-state index in [1.54, 1.807) is 23.0 Å². The Hall–Kier alpha value is -2.41. The number of nitrogens with zero attached hydrogens (tertiary/aromatic N) is 3. The molecular formula is C13H16N4O3. The van der Waals surface area contributed by atoms with Crippen LogP contribution in [0.3, 0.4) is 0 Å². The summed E-state index contributed by atoms with van der Waals surface area (Å²) in [6, 6.07) is 6.62. The van der Waals surface area contributed by atoms with Gasteiger partial charge in [-0.1, -0.05) is 6.92 Å². The molecule has 0 aliphatic carbocycles. The Morgan fingerprint density at radius 3 is 2.90 bits per heavy atom. The fourth-order valence-electron chi connectivity index (χ4n) is 1.82.